The predicted molar refractivity (Wildman–Crippen MR) is 130 cm³/mol. The summed E-state index contributed by atoms with van der Waals surface area (Å²) in [5.41, 5.74) is 1.97. The summed E-state index contributed by atoms with van der Waals surface area (Å²) in [5.74, 6) is 0.360. The van der Waals surface area contributed by atoms with Crippen LogP contribution in [-0.4, -0.2) is 63.5 Å². The van der Waals surface area contributed by atoms with Crippen LogP contribution in [0.4, 0.5) is 5.69 Å². The monoisotopic (exact) mass is 505 g/mol. The van der Waals surface area contributed by atoms with Crippen LogP contribution in [0.3, 0.4) is 0 Å². The summed E-state index contributed by atoms with van der Waals surface area (Å²) in [6.45, 7) is 1.68. The van der Waals surface area contributed by atoms with Crippen LogP contribution in [0, 0.1) is 6.92 Å². The normalized spacial score (nSPS) is 12.0. The van der Waals surface area contributed by atoms with E-state index in [-0.39, 0.29) is 17.1 Å². The van der Waals surface area contributed by atoms with Crippen LogP contribution in [0.5, 0.6) is 0 Å². The number of aromatic nitrogens is 2. The van der Waals surface area contributed by atoms with Gasteiger partial charge in [-0.05, 0) is 48.9 Å². The van der Waals surface area contributed by atoms with E-state index in [1.807, 2.05) is 42.0 Å². The fraction of sp³-hybridized carbons (Fsp3) is 0.273. The Kier molecular flexibility index (Phi) is 7.44. The van der Waals surface area contributed by atoms with Crippen molar-refractivity contribution in [1.82, 2.24) is 19.2 Å². The van der Waals surface area contributed by atoms with Crippen molar-refractivity contribution in [2.24, 2.45) is 0 Å². The molecule has 0 saturated heterocycles. The molecule has 1 N–H and O–H groups in total. The number of nitrogens with zero attached hydrogens (tertiary/aromatic N) is 4. The van der Waals surface area contributed by atoms with Gasteiger partial charge in [0.15, 0.2) is 0 Å². The molecule has 1 amide bonds. The first-order chi connectivity index (χ1) is 15.9. The summed E-state index contributed by atoms with van der Waals surface area (Å²) >= 11 is 0. The molecule has 34 heavy (non-hydrogen) atoms. The summed E-state index contributed by atoms with van der Waals surface area (Å²) in [6, 6.07) is 12.9. The highest BCUT2D eigenvalue weighted by molar-refractivity contribution is 7.92. The third-order valence-electron chi connectivity index (χ3n) is 5.12. The number of sulfonamides is 2. The molecule has 0 unspecified atom stereocenters. The van der Waals surface area contributed by atoms with E-state index in [9.17, 15) is 21.6 Å². The number of carbonyl (C=O) groups excluding carboxylic acids is 1. The van der Waals surface area contributed by atoms with Crippen LogP contribution in [0.1, 0.15) is 11.4 Å². The van der Waals surface area contributed by atoms with Crippen LogP contribution in [0.2, 0.25) is 0 Å². The minimum Gasteiger partial charge on any atom is -0.350 e. The molecule has 0 atom stereocenters. The van der Waals surface area contributed by atoms with Crippen LogP contribution in [-0.2, 0) is 31.4 Å². The van der Waals surface area contributed by atoms with E-state index in [2.05, 4.69) is 10.3 Å². The molecule has 0 radical (unpaired) electrons. The predicted octanol–water partition coefficient (Wildman–Crippen LogP) is 1.51. The molecule has 0 aliphatic heterocycles. The van der Waals surface area contributed by atoms with E-state index >= 15 is 0 Å². The number of hydrogen-bond acceptors (Lipinski definition) is 6. The molecule has 3 aromatic rings. The summed E-state index contributed by atoms with van der Waals surface area (Å²) in [5, 5.41) is 2.72. The number of hydrogen-bond donors (Lipinski definition) is 1. The van der Waals surface area contributed by atoms with Crippen molar-refractivity contribution in [1.29, 1.82) is 0 Å². The fourth-order valence-corrected chi connectivity index (χ4v) is 4.97. The second-order valence-corrected chi connectivity index (χ2v) is 11.9. The number of benzene rings is 2. The van der Waals surface area contributed by atoms with Gasteiger partial charge in [-0.15, -0.1) is 0 Å². The molecule has 0 spiro atoms. The number of carbonyl (C=O) groups is 1. The minimum atomic E-state index is -3.79. The first-order valence-corrected chi connectivity index (χ1v) is 13.5. The Morgan fingerprint density at radius 2 is 1.62 bits per heavy atom. The zero-order valence-electron chi connectivity index (χ0n) is 19.3. The maximum absolute atomic E-state index is 12.5. The second kappa shape index (κ2) is 9.95. The maximum Gasteiger partial charge on any atom is 0.242 e. The largest absolute Gasteiger partial charge is 0.350 e. The summed E-state index contributed by atoms with van der Waals surface area (Å²) in [7, 11) is -4.64. The minimum absolute atomic E-state index is 0.0217. The molecule has 0 aliphatic carbocycles. The van der Waals surface area contributed by atoms with Gasteiger partial charge in [0.2, 0.25) is 26.0 Å². The summed E-state index contributed by atoms with van der Waals surface area (Å²) in [6.07, 6.45) is 4.56. The average Bonchev–Trinajstić information content (AvgIpc) is 3.21. The van der Waals surface area contributed by atoms with Gasteiger partial charge in [-0.25, -0.2) is 26.1 Å². The van der Waals surface area contributed by atoms with E-state index < -0.39 is 32.5 Å². The van der Waals surface area contributed by atoms with E-state index in [0.717, 1.165) is 31.9 Å². The zero-order chi connectivity index (χ0) is 25.1. The van der Waals surface area contributed by atoms with Crippen LogP contribution < -0.4 is 9.62 Å². The lowest BCUT2D eigenvalue weighted by molar-refractivity contribution is -0.119. The molecule has 0 aliphatic rings. The van der Waals surface area contributed by atoms with Crippen LogP contribution >= 0.6 is 0 Å². The van der Waals surface area contributed by atoms with E-state index in [1.54, 1.807) is 6.20 Å². The molecule has 3 rings (SSSR count). The van der Waals surface area contributed by atoms with Gasteiger partial charge in [0.25, 0.3) is 0 Å². The van der Waals surface area contributed by atoms with Crippen molar-refractivity contribution < 1.29 is 21.6 Å². The quantitative estimate of drug-likeness (QED) is 0.471. The lowest BCUT2D eigenvalue weighted by Gasteiger charge is -2.22. The van der Waals surface area contributed by atoms with Crippen molar-refractivity contribution >= 4 is 31.6 Å². The summed E-state index contributed by atoms with van der Waals surface area (Å²) in [4.78, 5) is 16.7. The first-order valence-electron chi connectivity index (χ1n) is 10.3. The molecule has 0 fully saturated rings. The highest BCUT2D eigenvalue weighted by atomic mass is 32.2. The average molecular weight is 506 g/mol. The Labute approximate surface area is 199 Å². The second-order valence-electron chi connectivity index (χ2n) is 7.84. The maximum atomic E-state index is 12.5. The van der Waals surface area contributed by atoms with Crippen molar-refractivity contribution in [3.05, 3.63) is 72.3 Å². The number of anilines is 1. The van der Waals surface area contributed by atoms with Gasteiger partial charge in [0.05, 0.1) is 16.8 Å². The number of amides is 1. The molecule has 0 bridgehead atoms. The summed E-state index contributed by atoms with van der Waals surface area (Å²) < 4.78 is 53.0. The van der Waals surface area contributed by atoms with Crippen molar-refractivity contribution in [2.75, 3.05) is 31.2 Å². The molecule has 1 aromatic heterocycles. The molecule has 12 heteroatoms. The van der Waals surface area contributed by atoms with Gasteiger partial charge in [-0.2, -0.15) is 0 Å². The molecular formula is C22H27N5O5S2. The van der Waals surface area contributed by atoms with Crippen molar-refractivity contribution in [2.45, 2.75) is 18.4 Å². The lowest BCUT2D eigenvalue weighted by atomic mass is 10.2. The molecule has 2 aromatic carbocycles. The van der Waals surface area contributed by atoms with Crippen molar-refractivity contribution in [3.63, 3.8) is 0 Å². The molecule has 0 saturated carbocycles. The number of rotatable bonds is 9. The smallest absolute Gasteiger partial charge is 0.242 e. The lowest BCUT2D eigenvalue weighted by Crippen LogP contribution is -2.40. The number of nitrogens with one attached hydrogen (secondary N) is 1. The zero-order valence-corrected chi connectivity index (χ0v) is 21.0. The third-order valence-corrected chi connectivity index (χ3v) is 8.09. The van der Waals surface area contributed by atoms with Gasteiger partial charge in [-0.1, -0.05) is 12.1 Å². The molecule has 182 valence electrons. The first kappa shape index (κ1) is 25.4. The number of imidazole rings is 1. The Balaban J connectivity index is 1.68. The molecule has 1 heterocycles. The fourth-order valence-electron chi connectivity index (χ4n) is 3.21. The van der Waals surface area contributed by atoms with E-state index in [0.29, 0.717) is 0 Å². The van der Waals surface area contributed by atoms with Gasteiger partial charge in [0.1, 0.15) is 12.4 Å². The van der Waals surface area contributed by atoms with Crippen molar-refractivity contribution in [3.8, 4) is 5.69 Å². The highest BCUT2D eigenvalue weighted by Gasteiger charge is 2.22. The van der Waals surface area contributed by atoms with E-state index in [1.165, 1.54) is 38.4 Å². The molecule has 10 nitrogen and oxygen atoms in total. The third kappa shape index (κ3) is 5.82. The standard InChI is InChI=1S/C22H27N5O5S2/c1-17-23-13-14-26(17)19-7-5-18(6-8-19)15-24-22(28)16-27(33(4,29)30)20-9-11-21(12-10-20)34(31,32)25(2)3/h5-14H,15-16H2,1-4H3,(H,24,28). The van der Waals surface area contributed by atoms with Gasteiger partial charge < -0.3 is 9.88 Å². The Bertz CT molecular complexity index is 1360. The van der Waals surface area contributed by atoms with Crippen LogP contribution in [0.15, 0.2) is 65.8 Å². The van der Waals surface area contributed by atoms with Gasteiger partial charge in [0, 0.05) is 38.7 Å². The number of aryl methyl sites for hydroxylation is 1. The topological polar surface area (TPSA) is 122 Å². The Morgan fingerprint density at radius 3 is 2.12 bits per heavy atom. The van der Waals surface area contributed by atoms with E-state index in [4.69, 9.17) is 0 Å². The molecular weight excluding hydrogens is 478 g/mol. The van der Waals surface area contributed by atoms with Crippen LogP contribution in [0.25, 0.3) is 5.69 Å². The Hall–Kier alpha value is -3.22. The Morgan fingerprint density at radius 1 is 1.00 bits per heavy atom. The van der Waals surface area contributed by atoms with Gasteiger partial charge in [-0.3, -0.25) is 9.10 Å². The SMILES string of the molecule is Cc1nccn1-c1ccc(CNC(=O)CN(c2ccc(S(=O)(=O)N(C)C)cc2)S(C)(=O)=O)cc1. The van der Waals surface area contributed by atoms with Gasteiger partial charge >= 0.3 is 0 Å². The highest BCUT2D eigenvalue weighted by Crippen LogP contribution is 2.21.